The van der Waals surface area contributed by atoms with Crippen molar-refractivity contribution < 1.29 is 9.53 Å². The molecule has 1 aliphatic heterocycles. The van der Waals surface area contributed by atoms with Crippen molar-refractivity contribution in [3.8, 4) is 5.75 Å². The van der Waals surface area contributed by atoms with Crippen molar-refractivity contribution in [1.82, 2.24) is 15.5 Å². The van der Waals surface area contributed by atoms with Crippen molar-refractivity contribution in [2.24, 2.45) is 0 Å². The molecule has 1 amide bonds. The van der Waals surface area contributed by atoms with Crippen molar-refractivity contribution in [2.45, 2.75) is 57.3 Å². The van der Waals surface area contributed by atoms with E-state index >= 15 is 0 Å². The van der Waals surface area contributed by atoms with Gasteiger partial charge in [0.1, 0.15) is 5.75 Å². The molecule has 3 aromatic carbocycles. The fraction of sp³-hybridized carbons (Fsp3) is 0.387. The van der Waals surface area contributed by atoms with E-state index in [9.17, 15) is 4.79 Å². The van der Waals surface area contributed by atoms with Gasteiger partial charge in [-0.05, 0) is 69.5 Å². The van der Waals surface area contributed by atoms with E-state index in [0.29, 0.717) is 17.6 Å². The predicted molar refractivity (Wildman–Crippen MR) is 146 cm³/mol. The van der Waals surface area contributed by atoms with Crippen LogP contribution in [0.4, 0.5) is 0 Å². The topological polar surface area (TPSA) is 53.6 Å². The first-order chi connectivity index (χ1) is 17.7. The number of methoxy groups -OCH3 is 1. The molecule has 3 atom stereocenters. The van der Waals surface area contributed by atoms with Gasteiger partial charge in [-0.3, -0.25) is 9.69 Å². The maximum Gasteiger partial charge on any atom is 0.251 e. The summed E-state index contributed by atoms with van der Waals surface area (Å²) in [5.41, 5.74) is 3.26. The fourth-order valence-corrected chi connectivity index (χ4v) is 5.28. The molecule has 0 aromatic heterocycles. The zero-order chi connectivity index (χ0) is 25.2. The highest BCUT2D eigenvalue weighted by Crippen LogP contribution is 2.32. The molecule has 5 heteroatoms. The van der Waals surface area contributed by atoms with Crippen LogP contribution >= 0.6 is 0 Å². The summed E-state index contributed by atoms with van der Waals surface area (Å²) < 4.78 is 5.57. The summed E-state index contributed by atoms with van der Waals surface area (Å²) in [4.78, 5) is 15.1. The van der Waals surface area contributed by atoms with Gasteiger partial charge in [0, 0.05) is 29.8 Å². The maximum absolute atomic E-state index is 12.5. The summed E-state index contributed by atoms with van der Waals surface area (Å²) in [5, 5.41) is 7.01. The molecule has 0 bridgehead atoms. The Morgan fingerprint density at radius 3 is 2.44 bits per heavy atom. The lowest BCUT2D eigenvalue weighted by Crippen LogP contribution is -2.48. The van der Waals surface area contributed by atoms with Crippen molar-refractivity contribution in [3.63, 3.8) is 0 Å². The lowest BCUT2D eigenvalue weighted by molar-refractivity contribution is 0.0929. The predicted octanol–water partition coefficient (Wildman–Crippen LogP) is 5.59. The average molecular weight is 486 g/mol. The lowest BCUT2D eigenvalue weighted by atomic mass is 9.89. The largest absolute Gasteiger partial charge is 0.496 e. The zero-order valence-electron chi connectivity index (χ0n) is 21.5. The average Bonchev–Trinajstić information content (AvgIpc) is 2.93. The number of hydrogen-bond donors (Lipinski definition) is 2. The summed E-state index contributed by atoms with van der Waals surface area (Å²) in [5.74, 6) is 0.935. The van der Waals surface area contributed by atoms with E-state index in [0.717, 1.165) is 44.6 Å². The molecule has 0 saturated carbocycles. The van der Waals surface area contributed by atoms with Gasteiger partial charge in [0.25, 0.3) is 5.91 Å². The van der Waals surface area contributed by atoms with Crippen LogP contribution in [-0.4, -0.2) is 43.1 Å². The number of amides is 1. The van der Waals surface area contributed by atoms with Crippen molar-refractivity contribution in [3.05, 3.63) is 102 Å². The molecule has 5 nitrogen and oxygen atoms in total. The number of carbonyl (C=O) groups is 1. The third kappa shape index (κ3) is 6.96. The molecule has 0 aliphatic carbocycles. The van der Waals surface area contributed by atoms with Gasteiger partial charge in [0.05, 0.1) is 13.2 Å². The van der Waals surface area contributed by atoms with Gasteiger partial charge in [-0.25, -0.2) is 0 Å². The molecule has 0 radical (unpaired) electrons. The Hall–Kier alpha value is -3.15. The lowest BCUT2D eigenvalue weighted by Gasteiger charge is -2.42. The second-order valence-electron chi connectivity index (χ2n) is 9.72. The number of likely N-dealkylation sites (tertiary alicyclic amines) is 1. The van der Waals surface area contributed by atoms with E-state index < -0.39 is 0 Å². The minimum Gasteiger partial charge on any atom is -0.496 e. The summed E-state index contributed by atoms with van der Waals surface area (Å²) in [7, 11) is 1.73. The van der Waals surface area contributed by atoms with E-state index in [1.165, 1.54) is 17.5 Å². The highest BCUT2D eigenvalue weighted by Gasteiger charge is 2.32. The van der Waals surface area contributed by atoms with E-state index in [1.54, 1.807) is 7.11 Å². The van der Waals surface area contributed by atoms with Gasteiger partial charge in [-0.1, -0.05) is 66.7 Å². The standard InChI is InChI=1S/C31H39N3O2/c1-24(33-31(35)26-16-7-4-8-17-26)13-11-21-34-22-12-19-28(30(34)25-14-5-3-6-15-25)32-23-27-18-9-10-20-29(27)36-2/h3-10,14-18,20,24,28,30,32H,11-13,19,21-23H2,1-2H3,(H,33,35)/t24?,28-,30-/m0/s1. The SMILES string of the molecule is COc1ccccc1CN[C@H]1CCCN(CCCC(C)NC(=O)c2ccccc2)[C@H]1c1ccccc1. The normalized spacial score (nSPS) is 18.9. The van der Waals surface area contributed by atoms with E-state index in [1.807, 2.05) is 42.5 Å². The zero-order valence-corrected chi connectivity index (χ0v) is 21.5. The molecule has 2 N–H and O–H groups in total. The maximum atomic E-state index is 12.5. The highest BCUT2D eigenvalue weighted by molar-refractivity contribution is 5.94. The third-order valence-corrected chi connectivity index (χ3v) is 7.12. The van der Waals surface area contributed by atoms with Gasteiger partial charge in [0.15, 0.2) is 0 Å². The van der Waals surface area contributed by atoms with Crippen molar-refractivity contribution in [1.29, 1.82) is 0 Å². The van der Waals surface area contributed by atoms with E-state index in [4.69, 9.17) is 4.74 Å². The smallest absolute Gasteiger partial charge is 0.251 e. The van der Waals surface area contributed by atoms with Crippen LogP contribution in [0.25, 0.3) is 0 Å². The van der Waals surface area contributed by atoms with Crippen LogP contribution in [0.15, 0.2) is 84.9 Å². The summed E-state index contributed by atoms with van der Waals surface area (Å²) >= 11 is 0. The van der Waals surface area contributed by atoms with Crippen molar-refractivity contribution in [2.75, 3.05) is 20.2 Å². The molecule has 4 rings (SSSR count). The molecule has 0 spiro atoms. The Morgan fingerprint density at radius 2 is 1.69 bits per heavy atom. The minimum absolute atomic E-state index is 0.00355. The summed E-state index contributed by atoms with van der Waals surface area (Å²) in [6, 6.07) is 29.4. The van der Waals surface area contributed by atoms with Crippen LogP contribution in [0, 0.1) is 0 Å². The molecule has 36 heavy (non-hydrogen) atoms. The summed E-state index contributed by atoms with van der Waals surface area (Å²) in [6.45, 7) is 4.99. The van der Waals surface area contributed by atoms with Crippen molar-refractivity contribution >= 4 is 5.91 Å². The van der Waals surface area contributed by atoms with Crippen LogP contribution in [-0.2, 0) is 6.54 Å². The first-order valence-electron chi connectivity index (χ1n) is 13.2. The number of hydrogen-bond acceptors (Lipinski definition) is 4. The molecule has 3 aromatic rings. The van der Waals surface area contributed by atoms with Gasteiger partial charge >= 0.3 is 0 Å². The molecule has 1 saturated heterocycles. The fourth-order valence-electron chi connectivity index (χ4n) is 5.28. The Bertz CT molecular complexity index is 1070. The van der Waals surface area contributed by atoms with Crippen LogP contribution < -0.4 is 15.4 Å². The third-order valence-electron chi connectivity index (χ3n) is 7.12. The number of para-hydroxylation sites is 1. The first kappa shape index (κ1) is 25.9. The number of rotatable bonds is 11. The number of nitrogens with one attached hydrogen (secondary N) is 2. The van der Waals surface area contributed by atoms with Gasteiger partial charge in [-0.15, -0.1) is 0 Å². The quantitative estimate of drug-likeness (QED) is 0.372. The van der Waals surface area contributed by atoms with E-state index in [-0.39, 0.29) is 11.9 Å². The van der Waals surface area contributed by atoms with Crippen LogP contribution in [0.3, 0.4) is 0 Å². The van der Waals surface area contributed by atoms with Gasteiger partial charge in [0.2, 0.25) is 0 Å². The second kappa shape index (κ2) is 13.2. The number of ether oxygens (including phenoxy) is 1. The summed E-state index contributed by atoms with van der Waals surface area (Å²) in [6.07, 6.45) is 4.32. The van der Waals surface area contributed by atoms with E-state index in [2.05, 4.69) is 64.9 Å². The number of carbonyl (C=O) groups excluding carboxylic acids is 1. The van der Waals surface area contributed by atoms with Crippen LogP contribution in [0.1, 0.15) is 60.1 Å². The number of benzene rings is 3. The molecular formula is C31H39N3O2. The Kier molecular flexibility index (Phi) is 9.54. The second-order valence-corrected chi connectivity index (χ2v) is 9.72. The molecule has 1 heterocycles. The number of piperidine rings is 1. The first-order valence-corrected chi connectivity index (χ1v) is 13.2. The Balaban J connectivity index is 1.37. The monoisotopic (exact) mass is 485 g/mol. The molecule has 190 valence electrons. The van der Waals surface area contributed by atoms with Gasteiger partial charge in [-0.2, -0.15) is 0 Å². The Morgan fingerprint density at radius 1 is 1.00 bits per heavy atom. The van der Waals surface area contributed by atoms with Gasteiger partial charge < -0.3 is 15.4 Å². The number of nitrogens with zero attached hydrogens (tertiary/aromatic N) is 1. The molecule has 1 aliphatic rings. The van der Waals surface area contributed by atoms with Crippen LogP contribution in [0.5, 0.6) is 5.75 Å². The van der Waals surface area contributed by atoms with Crippen LogP contribution in [0.2, 0.25) is 0 Å². The molecule has 1 fully saturated rings. The highest BCUT2D eigenvalue weighted by atomic mass is 16.5. The molecular weight excluding hydrogens is 446 g/mol. The molecule has 1 unspecified atom stereocenters. The minimum atomic E-state index is 0.00355. The Labute approximate surface area is 215 Å².